The minimum atomic E-state index is -0.121. The van der Waals surface area contributed by atoms with Crippen LogP contribution in [0.25, 0.3) is 0 Å². The number of nitrogens with one attached hydrogen (secondary N) is 2. The van der Waals surface area contributed by atoms with Gasteiger partial charge in [0.2, 0.25) is 10.1 Å². The first-order valence-corrected chi connectivity index (χ1v) is 8.19. The molecule has 0 aliphatic carbocycles. The summed E-state index contributed by atoms with van der Waals surface area (Å²) in [5, 5.41) is 15.1. The quantitative estimate of drug-likeness (QED) is 0.799. The monoisotopic (exact) mass is 297 g/mol. The highest BCUT2D eigenvalue weighted by atomic mass is 32.1. The van der Waals surface area contributed by atoms with Gasteiger partial charge in [-0.3, -0.25) is 4.79 Å². The Morgan fingerprint density at radius 1 is 1.25 bits per heavy atom. The molecule has 6 nitrogen and oxygen atoms in total. The topological polar surface area (TPSA) is 70.1 Å². The molecular formula is C13H23N5OS. The zero-order chi connectivity index (χ0) is 14.2. The lowest BCUT2D eigenvalue weighted by Crippen LogP contribution is -2.37. The fraction of sp³-hybridized carbons (Fsp3) is 0.769. The third-order valence-electron chi connectivity index (χ3n) is 3.31. The molecule has 2 N–H and O–H groups in total. The predicted octanol–water partition coefficient (Wildman–Crippen LogP) is 1.58. The number of aromatic nitrogens is 2. The maximum absolute atomic E-state index is 11.9. The molecule has 2 heterocycles. The second kappa shape index (κ2) is 8.16. The van der Waals surface area contributed by atoms with Gasteiger partial charge in [0.15, 0.2) is 0 Å². The van der Waals surface area contributed by atoms with Gasteiger partial charge in [0.05, 0.1) is 0 Å². The highest BCUT2D eigenvalue weighted by molar-refractivity contribution is 7.17. The molecule has 1 aromatic rings. The molecule has 0 bridgehead atoms. The smallest absolute Gasteiger partial charge is 0.282 e. The van der Waals surface area contributed by atoms with Gasteiger partial charge < -0.3 is 15.5 Å². The van der Waals surface area contributed by atoms with Crippen LogP contribution in [0.15, 0.2) is 0 Å². The molecule has 0 aromatic carbocycles. The number of nitrogens with zero attached hydrogens (tertiary/aromatic N) is 3. The van der Waals surface area contributed by atoms with Crippen LogP contribution in [-0.4, -0.2) is 53.7 Å². The lowest BCUT2D eigenvalue weighted by Gasteiger charge is -2.26. The van der Waals surface area contributed by atoms with E-state index in [4.69, 9.17) is 0 Å². The van der Waals surface area contributed by atoms with E-state index >= 15 is 0 Å². The lowest BCUT2D eigenvalue weighted by atomic mass is 10.1. The SMILES string of the molecule is CCCNc1nnc(C(=O)NCCN2CCCCC2)s1. The molecule has 20 heavy (non-hydrogen) atoms. The van der Waals surface area contributed by atoms with Gasteiger partial charge in [0, 0.05) is 19.6 Å². The second-order valence-electron chi connectivity index (χ2n) is 5.00. The van der Waals surface area contributed by atoms with Crippen LogP contribution < -0.4 is 10.6 Å². The highest BCUT2D eigenvalue weighted by Gasteiger charge is 2.13. The number of likely N-dealkylation sites (tertiary alicyclic amines) is 1. The van der Waals surface area contributed by atoms with Gasteiger partial charge in [-0.25, -0.2) is 0 Å². The van der Waals surface area contributed by atoms with E-state index in [2.05, 4.69) is 32.7 Å². The summed E-state index contributed by atoms with van der Waals surface area (Å²) in [6.07, 6.45) is 4.91. The molecule has 0 spiro atoms. The maximum atomic E-state index is 11.9. The van der Waals surface area contributed by atoms with Crippen LogP contribution in [0.1, 0.15) is 42.4 Å². The number of piperidine rings is 1. The van der Waals surface area contributed by atoms with Crippen LogP contribution in [0.5, 0.6) is 0 Å². The normalized spacial score (nSPS) is 16.1. The van der Waals surface area contributed by atoms with Crippen molar-refractivity contribution in [2.45, 2.75) is 32.6 Å². The summed E-state index contributed by atoms with van der Waals surface area (Å²) < 4.78 is 0. The average Bonchev–Trinajstić information content (AvgIpc) is 2.95. The largest absolute Gasteiger partial charge is 0.360 e. The van der Waals surface area contributed by atoms with Gasteiger partial charge in [-0.1, -0.05) is 24.7 Å². The van der Waals surface area contributed by atoms with Crippen LogP contribution in [0.2, 0.25) is 0 Å². The Bertz CT molecular complexity index is 417. The summed E-state index contributed by atoms with van der Waals surface area (Å²) in [7, 11) is 0. The van der Waals surface area contributed by atoms with Crippen molar-refractivity contribution >= 4 is 22.4 Å². The molecule has 1 aliphatic heterocycles. The van der Waals surface area contributed by atoms with Crippen molar-refractivity contribution in [3.63, 3.8) is 0 Å². The number of hydrogen-bond donors (Lipinski definition) is 2. The molecular weight excluding hydrogens is 274 g/mol. The third kappa shape index (κ3) is 4.72. The molecule has 1 fully saturated rings. The minimum absolute atomic E-state index is 0.121. The molecule has 0 saturated carbocycles. The average molecular weight is 297 g/mol. The van der Waals surface area contributed by atoms with Crippen LogP contribution in [0.3, 0.4) is 0 Å². The lowest BCUT2D eigenvalue weighted by molar-refractivity contribution is 0.0945. The number of hydrogen-bond acceptors (Lipinski definition) is 6. The third-order valence-corrected chi connectivity index (χ3v) is 4.19. The van der Waals surface area contributed by atoms with Crippen molar-refractivity contribution < 1.29 is 4.79 Å². The van der Waals surface area contributed by atoms with Crippen molar-refractivity contribution in [3.05, 3.63) is 5.01 Å². The van der Waals surface area contributed by atoms with Crippen molar-refractivity contribution in [1.29, 1.82) is 0 Å². The molecule has 1 aliphatic rings. The van der Waals surface area contributed by atoms with Gasteiger partial charge >= 0.3 is 0 Å². The number of anilines is 1. The van der Waals surface area contributed by atoms with Crippen LogP contribution in [0, 0.1) is 0 Å². The van der Waals surface area contributed by atoms with Crippen LogP contribution in [0.4, 0.5) is 5.13 Å². The zero-order valence-corrected chi connectivity index (χ0v) is 12.8. The highest BCUT2D eigenvalue weighted by Crippen LogP contribution is 2.14. The van der Waals surface area contributed by atoms with Gasteiger partial charge in [-0.05, 0) is 32.4 Å². The molecule has 0 radical (unpaired) electrons. The van der Waals surface area contributed by atoms with E-state index < -0.39 is 0 Å². The Morgan fingerprint density at radius 2 is 2.05 bits per heavy atom. The first kappa shape index (κ1) is 15.2. The Kier molecular flexibility index (Phi) is 6.20. The molecule has 0 unspecified atom stereocenters. The van der Waals surface area contributed by atoms with Crippen molar-refractivity contribution in [2.75, 3.05) is 38.0 Å². The van der Waals surface area contributed by atoms with E-state index in [1.54, 1.807) is 0 Å². The zero-order valence-electron chi connectivity index (χ0n) is 12.0. The standard InChI is InChI=1S/C13H23N5OS/c1-2-6-15-13-17-16-12(20-13)11(19)14-7-10-18-8-4-3-5-9-18/h2-10H2,1H3,(H,14,19)(H,15,17). The molecule has 1 saturated heterocycles. The Hall–Kier alpha value is -1.21. The summed E-state index contributed by atoms with van der Waals surface area (Å²) in [6.45, 7) is 6.84. The van der Waals surface area contributed by atoms with Gasteiger partial charge in [-0.2, -0.15) is 0 Å². The summed E-state index contributed by atoms with van der Waals surface area (Å²) in [4.78, 5) is 14.3. The minimum Gasteiger partial charge on any atom is -0.360 e. The van der Waals surface area contributed by atoms with E-state index in [-0.39, 0.29) is 5.91 Å². The molecule has 7 heteroatoms. The number of amides is 1. The van der Waals surface area contributed by atoms with E-state index in [0.717, 1.165) is 32.6 Å². The van der Waals surface area contributed by atoms with E-state index in [0.29, 0.717) is 16.7 Å². The molecule has 1 aromatic heterocycles. The van der Waals surface area contributed by atoms with E-state index in [1.165, 1.54) is 30.6 Å². The number of carbonyl (C=O) groups excluding carboxylic acids is 1. The summed E-state index contributed by atoms with van der Waals surface area (Å²) in [5.74, 6) is -0.121. The second-order valence-corrected chi connectivity index (χ2v) is 5.97. The van der Waals surface area contributed by atoms with Crippen LogP contribution >= 0.6 is 11.3 Å². The van der Waals surface area contributed by atoms with E-state index in [1.807, 2.05) is 0 Å². The summed E-state index contributed by atoms with van der Waals surface area (Å²) in [5.41, 5.74) is 0. The number of rotatable bonds is 7. The van der Waals surface area contributed by atoms with Crippen molar-refractivity contribution in [2.24, 2.45) is 0 Å². The Balaban J connectivity index is 1.69. The van der Waals surface area contributed by atoms with Crippen molar-refractivity contribution in [3.8, 4) is 0 Å². The first-order valence-electron chi connectivity index (χ1n) is 7.37. The van der Waals surface area contributed by atoms with E-state index in [9.17, 15) is 4.79 Å². The molecule has 2 rings (SSSR count). The molecule has 112 valence electrons. The van der Waals surface area contributed by atoms with Crippen molar-refractivity contribution in [1.82, 2.24) is 20.4 Å². The molecule has 1 amide bonds. The maximum Gasteiger partial charge on any atom is 0.282 e. The summed E-state index contributed by atoms with van der Waals surface area (Å²) >= 11 is 1.31. The Morgan fingerprint density at radius 3 is 2.80 bits per heavy atom. The Labute approximate surface area is 124 Å². The summed E-state index contributed by atoms with van der Waals surface area (Å²) in [6, 6.07) is 0. The fourth-order valence-corrected chi connectivity index (χ4v) is 2.89. The first-order chi connectivity index (χ1) is 9.79. The predicted molar refractivity (Wildman–Crippen MR) is 81.3 cm³/mol. The molecule has 0 atom stereocenters. The van der Waals surface area contributed by atoms with Gasteiger partial charge in [0.1, 0.15) is 0 Å². The van der Waals surface area contributed by atoms with Crippen LogP contribution in [-0.2, 0) is 0 Å². The number of carbonyl (C=O) groups is 1. The van der Waals surface area contributed by atoms with Gasteiger partial charge in [0.25, 0.3) is 5.91 Å². The van der Waals surface area contributed by atoms with Gasteiger partial charge in [-0.15, -0.1) is 10.2 Å². The fourth-order valence-electron chi connectivity index (χ4n) is 2.20.